The maximum absolute atomic E-state index is 10.6. The van der Waals surface area contributed by atoms with Crippen molar-refractivity contribution in [1.29, 1.82) is 0 Å². The number of rotatable bonds is 4. The highest BCUT2D eigenvalue weighted by Crippen LogP contribution is 2.29. The van der Waals surface area contributed by atoms with Crippen LogP contribution in [-0.4, -0.2) is 24.7 Å². The third-order valence-electron chi connectivity index (χ3n) is 2.31. The summed E-state index contributed by atoms with van der Waals surface area (Å²) in [7, 11) is 1.43. The van der Waals surface area contributed by atoms with Crippen molar-refractivity contribution in [3.63, 3.8) is 0 Å². The van der Waals surface area contributed by atoms with Gasteiger partial charge in [-0.1, -0.05) is 6.07 Å². The number of benzene rings is 1. The minimum atomic E-state index is -0.448. The van der Waals surface area contributed by atoms with E-state index >= 15 is 0 Å². The molecule has 0 aliphatic carbocycles. The molecule has 1 heterocycles. The zero-order chi connectivity index (χ0) is 10.8. The third kappa shape index (κ3) is 2.24. The fourth-order valence-electron chi connectivity index (χ4n) is 1.45. The Labute approximate surface area is 86.8 Å². The topological polar surface area (TPSA) is 64.9 Å². The van der Waals surface area contributed by atoms with Crippen molar-refractivity contribution in [1.82, 2.24) is 0 Å². The van der Waals surface area contributed by atoms with E-state index in [1.807, 2.05) is 0 Å². The number of epoxide rings is 1. The highest BCUT2D eigenvalue weighted by atomic mass is 16.6. The van der Waals surface area contributed by atoms with Gasteiger partial charge in [0.2, 0.25) is 0 Å². The minimum Gasteiger partial charge on any atom is -0.490 e. The molecular formula is C10H11NO4. The first-order valence-corrected chi connectivity index (χ1v) is 4.63. The van der Waals surface area contributed by atoms with Gasteiger partial charge in [0.05, 0.1) is 24.7 Å². The summed E-state index contributed by atoms with van der Waals surface area (Å²) in [5, 5.41) is 10.6. The molecule has 0 radical (unpaired) electrons. The quantitative estimate of drug-likeness (QED) is 0.428. The first-order valence-electron chi connectivity index (χ1n) is 4.63. The molecule has 2 rings (SSSR count). The summed E-state index contributed by atoms with van der Waals surface area (Å²) in [5.41, 5.74) is 0.998. The largest absolute Gasteiger partial charge is 0.490 e. The molecule has 0 saturated carbocycles. The van der Waals surface area contributed by atoms with Crippen molar-refractivity contribution >= 4 is 5.69 Å². The van der Waals surface area contributed by atoms with Crippen LogP contribution in [0.2, 0.25) is 0 Å². The van der Waals surface area contributed by atoms with E-state index in [1.165, 1.54) is 13.2 Å². The molecule has 5 nitrogen and oxygen atoms in total. The van der Waals surface area contributed by atoms with E-state index in [2.05, 4.69) is 0 Å². The molecule has 1 fully saturated rings. The zero-order valence-electron chi connectivity index (χ0n) is 8.30. The fraction of sp³-hybridized carbons (Fsp3) is 0.400. The van der Waals surface area contributed by atoms with Gasteiger partial charge < -0.3 is 9.47 Å². The molecule has 0 bridgehead atoms. The van der Waals surface area contributed by atoms with Gasteiger partial charge >= 0.3 is 5.69 Å². The maximum atomic E-state index is 10.6. The Hall–Kier alpha value is -1.62. The lowest BCUT2D eigenvalue weighted by atomic mass is 10.1. The fourth-order valence-corrected chi connectivity index (χ4v) is 1.45. The van der Waals surface area contributed by atoms with E-state index in [0.29, 0.717) is 5.75 Å². The van der Waals surface area contributed by atoms with Crippen LogP contribution < -0.4 is 4.74 Å². The zero-order valence-corrected chi connectivity index (χ0v) is 8.30. The molecule has 1 aliphatic rings. The molecule has 80 valence electrons. The van der Waals surface area contributed by atoms with E-state index in [4.69, 9.17) is 9.47 Å². The predicted octanol–water partition coefficient (Wildman–Crippen LogP) is 1.54. The van der Waals surface area contributed by atoms with Gasteiger partial charge in [0.25, 0.3) is 0 Å². The van der Waals surface area contributed by atoms with Crippen LogP contribution in [0.15, 0.2) is 18.2 Å². The van der Waals surface area contributed by atoms with Crippen LogP contribution in [0.4, 0.5) is 5.69 Å². The Balaban J connectivity index is 2.24. The Bertz CT molecular complexity index is 387. The summed E-state index contributed by atoms with van der Waals surface area (Å²) in [6.45, 7) is 0.777. The second-order valence-electron chi connectivity index (χ2n) is 3.42. The first-order chi connectivity index (χ1) is 7.20. The lowest BCUT2D eigenvalue weighted by Crippen LogP contribution is -1.97. The van der Waals surface area contributed by atoms with Crippen LogP contribution in [0, 0.1) is 10.1 Å². The third-order valence-corrected chi connectivity index (χ3v) is 2.31. The van der Waals surface area contributed by atoms with Crippen LogP contribution in [0.3, 0.4) is 0 Å². The van der Waals surface area contributed by atoms with Crippen LogP contribution in [0.25, 0.3) is 0 Å². The van der Waals surface area contributed by atoms with E-state index in [0.717, 1.165) is 18.6 Å². The molecule has 15 heavy (non-hydrogen) atoms. The summed E-state index contributed by atoms with van der Waals surface area (Å²) in [4.78, 5) is 10.2. The van der Waals surface area contributed by atoms with Crippen molar-refractivity contribution < 1.29 is 14.4 Å². The van der Waals surface area contributed by atoms with Crippen LogP contribution in [0.1, 0.15) is 5.56 Å². The monoisotopic (exact) mass is 209 g/mol. The van der Waals surface area contributed by atoms with Crippen molar-refractivity contribution in [2.24, 2.45) is 0 Å². The highest BCUT2D eigenvalue weighted by Gasteiger charge is 2.24. The number of methoxy groups -OCH3 is 1. The molecule has 1 aromatic carbocycles. The molecule has 0 N–H and O–H groups in total. The average Bonchev–Trinajstić information content (AvgIpc) is 3.01. The Morgan fingerprint density at radius 3 is 2.93 bits per heavy atom. The second kappa shape index (κ2) is 3.86. The normalized spacial score (nSPS) is 18.6. The van der Waals surface area contributed by atoms with Gasteiger partial charge in [0, 0.05) is 12.5 Å². The number of nitro benzene ring substituents is 1. The maximum Gasteiger partial charge on any atom is 0.310 e. The average molecular weight is 209 g/mol. The molecule has 1 aromatic rings. The van der Waals surface area contributed by atoms with Gasteiger partial charge in [-0.2, -0.15) is 0 Å². The predicted molar refractivity (Wildman–Crippen MR) is 53.1 cm³/mol. The molecular weight excluding hydrogens is 198 g/mol. The lowest BCUT2D eigenvalue weighted by Gasteiger charge is -2.03. The van der Waals surface area contributed by atoms with Crippen LogP contribution in [0.5, 0.6) is 5.75 Å². The van der Waals surface area contributed by atoms with Gasteiger partial charge in [-0.3, -0.25) is 10.1 Å². The van der Waals surface area contributed by atoms with Crippen LogP contribution in [-0.2, 0) is 11.2 Å². The molecule has 1 atom stereocenters. The summed E-state index contributed by atoms with van der Waals surface area (Å²) in [6.07, 6.45) is 1.06. The smallest absolute Gasteiger partial charge is 0.310 e. The highest BCUT2D eigenvalue weighted by molar-refractivity contribution is 5.48. The number of nitrogens with zero attached hydrogens (tertiary/aromatic N) is 1. The van der Waals surface area contributed by atoms with E-state index in [9.17, 15) is 10.1 Å². The summed E-state index contributed by atoms with van der Waals surface area (Å²) in [6, 6.07) is 4.90. The second-order valence-corrected chi connectivity index (χ2v) is 3.42. The van der Waals surface area contributed by atoms with Gasteiger partial charge in [-0.25, -0.2) is 0 Å². The number of nitro groups is 1. The number of hydrogen-bond acceptors (Lipinski definition) is 4. The van der Waals surface area contributed by atoms with Crippen LogP contribution >= 0.6 is 0 Å². The van der Waals surface area contributed by atoms with E-state index in [-0.39, 0.29) is 11.8 Å². The molecule has 0 aromatic heterocycles. The van der Waals surface area contributed by atoms with Gasteiger partial charge in [0.1, 0.15) is 0 Å². The molecule has 1 unspecified atom stereocenters. The van der Waals surface area contributed by atoms with Crippen molar-refractivity contribution in [2.45, 2.75) is 12.5 Å². The first kappa shape index (κ1) is 9.92. The molecule has 5 heteroatoms. The van der Waals surface area contributed by atoms with Crippen molar-refractivity contribution in [3.8, 4) is 5.75 Å². The Kier molecular flexibility index (Phi) is 2.55. The standard InChI is InChI=1S/C10H11NO4/c1-14-10-5-7(4-8-6-15-8)2-3-9(10)11(12)13/h2-3,5,8H,4,6H2,1H3. The molecule has 1 aliphatic heterocycles. The number of ether oxygens (including phenoxy) is 2. The summed E-state index contributed by atoms with van der Waals surface area (Å²) < 4.78 is 10.1. The SMILES string of the molecule is COc1cc(CC2CO2)ccc1[N+](=O)[O-]. The Morgan fingerprint density at radius 1 is 1.67 bits per heavy atom. The van der Waals surface area contributed by atoms with Crippen molar-refractivity contribution in [3.05, 3.63) is 33.9 Å². The van der Waals surface area contributed by atoms with Crippen molar-refractivity contribution in [2.75, 3.05) is 13.7 Å². The van der Waals surface area contributed by atoms with E-state index < -0.39 is 4.92 Å². The minimum absolute atomic E-state index is 0.00188. The Morgan fingerprint density at radius 2 is 2.40 bits per heavy atom. The molecule has 1 saturated heterocycles. The lowest BCUT2D eigenvalue weighted by molar-refractivity contribution is -0.385. The van der Waals surface area contributed by atoms with Gasteiger partial charge in [-0.05, 0) is 11.6 Å². The number of hydrogen-bond donors (Lipinski definition) is 0. The summed E-state index contributed by atoms with van der Waals surface area (Å²) >= 11 is 0. The van der Waals surface area contributed by atoms with Gasteiger partial charge in [0.15, 0.2) is 5.75 Å². The molecule has 0 spiro atoms. The van der Waals surface area contributed by atoms with Gasteiger partial charge in [-0.15, -0.1) is 0 Å². The summed E-state index contributed by atoms with van der Waals surface area (Å²) in [5.74, 6) is 0.304. The molecule has 0 amide bonds. The van der Waals surface area contributed by atoms with E-state index in [1.54, 1.807) is 12.1 Å².